The molecule has 2 aromatic rings. The molecule has 0 nitrogen and oxygen atoms in total. The van der Waals surface area contributed by atoms with Crippen molar-refractivity contribution >= 4 is 22.6 Å². The van der Waals surface area contributed by atoms with Crippen molar-refractivity contribution in [2.24, 2.45) is 5.92 Å². The minimum absolute atomic E-state index is 0.801. The first-order valence-electron chi connectivity index (χ1n) is 9.58. The summed E-state index contributed by atoms with van der Waals surface area (Å²) < 4.78 is 1.34. The van der Waals surface area contributed by atoms with Gasteiger partial charge in [0.1, 0.15) is 0 Å². The van der Waals surface area contributed by atoms with Crippen LogP contribution in [0.4, 0.5) is 0 Å². The fourth-order valence-electron chi connectivity index (χ4n) is 4.05. The zero-order valence-corrected chi connectivity index (χ0v) is 17.0. The maximum Gasteiger partial charge on any atom is 0.0130 e. The Morgan fingerprint density at radius 2 is 1.38 bits per heavy atom. The Balaban J connectivity index is 1.45. The first kappa shape index (κ1) is 18.0. The first-order chi connectivity index (χ1) is 11.7. The van der Waals surface area contributed by atoms with Crippen LogP contribution in [0, 0.1) is 9.49 Å². The molecule has 3 rings (SSSR count). The molecule has 128 valence electrons. The third-order valence-electron chi connectivity index (χ3n) is 5.59. The molecule has 0 aromatic heterocycles. The Morgan fingerprint density at radius 3 is 2.00 bits per heavy atom. The second-order valence-corrected chi connectivity index (χ2v) is 8.62. The summed E-state index contributed by atoms with van der Waals surface area (Å²) in [4.78, 5) is 0. The molecule has 24 heavy (non-hydrogen) atoms. The van der Waals surface area contributed by atoms with Crippen LogP contribution in [0.15, 0.2) is 48.5 Å². The summed E-state index contributed by atoms with van der Waals surface area (Å²) in [5.41, 5.74) is 4.57. The van der Waals surface area contributed by atoms with Gasteiger partial charge < -0.3 is 0 Å². The van der Waals surface area contributed by atoms with Crippen LogP contribution in [-0.2, 0) is 12.8 Å². The molecule has 1 fully saturated rings. The SMILES string of the molecule is CCCc1ccc(C2CCC(CCc3ccc(I)cc3)CC2)cc1. The van der Waals surface area contributed by atoms with Crippen LogP contribution in [0.25, 0.3) is 0 Å². The lowest BCUT2D eigenvalue weighted by atomic mass is 9.77. The Kier molecular flexibility index (Phi) is 6.76. The van der Waals surface area contributed by atoms with Crippen molar-refractivity contribution in [3.63, 3.8) is 0 Å². The molecule has 0 heterocycles. The van der Waals surface area contributed by atoms with E-state index in [1.165, 1.54) is 66.1 Å². The molecule has 0 radical (unpaired) electrons. The predicted molar refractivity (Wildman–Crippen MR) is 113 cm³/mol. The van der Waals surface area contributed by atoms with E-state index in [4.69, 9.17) is 0 Å². The van der Waals surface area contributed by atoms with Gasteiger partial charge in [0, 0.05) is 3.57 Å². The highest BCUT2D eigenvalue weighted by atomic mass is 127. The van der Waals surface area contributed by atoms with Crippen molar-refractivity contribution in [3.05, 3.63) is 68.8 Å². The van der Waals surface area contributed by atoms with E-state index in [-0.39, 0.29) is 0 Å². The number of hydrogen-bond acceptors (Lipinski definition) is 0. The number of hydrogen-bond donors (Lipinski definition) is 0. The van der Waals surface area contributed by atoms with Crippen molar-refractivity contribution in [1.82, 2.24) is 0 Å². The molecule has 0 N–H and O–H groups in total. The Bertz CT molecular complexity index is 603. The van der Waals surface area contributed by atoms with Gasteiger partial charge in [0.2, 0.25) is 0 Å². The summed E-state index contributed by atoms with van der Waals surface area (Å²) in [6, 6.07) is 18.5. The van der Waals surface area contributed by atoms with Gasteiger partial charge in [0.15, 0.2) is 0 Å². The molecule has 1 aliphatic carbocycles. The van der Waals surface area contributed by atoms with Gasteiger partial charge in [0.05, 0.1) is 0 Å². The van der Waals surface area contributed by atoms with Crippen molar-refractivity contribution in [2.75, 3.05) is 0 Å². The minimum atomic E-state index is 0.801. The van der Waals surface area contributed by atoms with E-state index >= 15 is 0 Å². The summed E-state index contributed by atoms with van der Waals surface area (Å²) in [7, 11) is 0. The van der Waals surface area contributed by atoms with Crippen LogP contribution >= 0.6 is 22.6 Å². The van der Waals surface area contributed by atoms with E-state index in [1.54, 1.807) is 5.56 Å². The Labute approximate surface area is 161 Å². The van der Waals surface area contributed by atoms with Gasteiger partial charge in [-0.15, -0.1) is 0 Å². The Hall–Kier alpha value is -0.830. The van der Waals surface area contributed by atoms with E-state index in [9.17, 15) is 0 Å². The largest absolute Gasteiger partial charge is 0.0651 e. The predicted octanol–water partition coefficient (Wildman–Crippen LogP) is 7.15. The van der Waals surface area contributed by atoms with E-state index in [0.29, 0.717) is 0 Å². The lowest BCUT2D eigenvalue weighted by molar-refractivity contribution is 0.310. The average molecular weight is 432 g/mol. The average Bonchev–Trinajstić information content (AvgIpc) is 2.63. The zero-order valence-electron chi connectivity index (χ0n) is 14.8. The molecule has 1 aliphatic rings. The van der Waals surface area contributed by atoms with E-state index in [1.807, 2.05) is 0 Å². The molecule has 0 unspecified atom stereocenters. The van der Waals surface area contributed by atoms with Gasteiger partial charge in [-0.25, -0.2) is 0 Å². The molecule has 0 atom stereocenters. The molecule has 0 saturated heterocycles. The number of halogens is 1. The van der Waals surface area contributed by atoms with Crippen molar-refractivity contribution in [1.29, 1.82) is 0 Å². The number of aryl methyl sites for hydroxylation is 2. The standard InChI is InChI=1S/C23H29I/c1-2-3-18-6-12-21(13-7-18)22-14-8-19(9-15-22)4-5-20-10-16-23(24)17-11-20/h6-7,10-13,16-17,19,22H,2-5,8-9,14-15H2,1H3. The highest BCUT2D eigenvalue weighted by Gasteiger charge is 2.22. The summed E-state index contributed by atoms with van der Waals surface area (Å²) in [6.07, 6.45) is 10.6. The van der Waals surface area contributed by atoms with E-state index in [0.717, 1.165) is 11.8 Å². The lowest BCUT2D eigenvalue weighted by Gasteiger charge is -2.29. The highest BCUT2D eigenvalue weighted by molar-refractivity contribution is 14.1. The van der Waals surface area contributed by atoms with Crippen LogP contribution in [0.5, 0.6) is 0 Å². The molecular weight excluding hydrogens is 403 g/mol. The second-order valence-electron chi connectivity index (χ2n) is 7.37. The minimum Gasteiger partial charge on any atom is -0.0651 e. The highest BCUT2D eigenvalue weighted by Crippen LogP contribution is 2.37. The van der Waals surface area contributed by atoms with Crippen LogP contribution < -0.4 is 0 Å². The normalized spacial score (nSPS) is 20.9. The zero-order chi connectivity index (χ0) is 16.8. The van der Waals surface area contributed by atoms with Gasteiger partial charge in [-0.3, -0.25) is 0 Å². The third kappa shape index (κ3) is 5.08. The van der Waals surface area contributed by atoms with Crippen molar-refractivity contribution < 1.29 is 0 Å². The molecule has 0 spiro atoms. The van der Waals surface area contributed by atoms with Gasteiger partial charge >= 0.3 is 0 Å². The molecule has 0 aliphatic heterocycles. The fourth-order valence-corrected chi connectivity index (χ4v) is 4.41. The van der Waals surface area contributed by atoms with Gasteiger partial charge in [-0.2, -0.15) is 0 Å². The van der Waals surface area contributed by atoms with Gasteiger partial charge in [0.25, 0.3) is 0 Å². The van der Waals surface area contributed by atoms with E-state index < -0.39 is 0 Å². The van der Waals surface area contributed by atoms with Crippen molar-refractivity contribution in [2.45, 2.75) is 64.2 Å². The second kappa shape index (κ2) is 9.03. The fraction of sp³-hybridized carbons (Fsp3) is 0.478. The van der Waals surface area contributed by atoms with Crippen LogP contribution in [-0.4, -0.2) is 0 Å². The number of rotatable bonds is 6. The molecule has 2 aromatic carbocycles. The number of benzene rings is 2. The van der Waals surface area contributed by atoms with Gasteiger partial charge in [-0.05, 0) is 108 Å². The topological polar surface area (TPSA) is 0 Å². The molecule has 0 bridgehead atoms. The summed E-state index contributed by atoms with van der Waals surface area (Å²) in [5, 5.41) is 0. The molecule has 1 saturated carbocycles. The molecular formula is C23H29I. The van der Waals surface area contributed by atoms with Crippen molar-refractivity contribution in [3.8, 4) is 0 Å². The van der Waals surface area contributed by atoms with E-state index in [2.05, 4.69) is 78.0 Å². The monoisotopic (exact) mass is 432 g/mol. The van der Waals surface area contributed by atoms with Gasteiger partial charge in [-0.1, -0.05) is 49.7 Å². The summed E-state index contributed by atoms with van der Waals surface area (Å²) in [6.45, 7) is 2.26. The maximum atomic E-state index is 2.39. The molecule has 1 heteroatoms. The third-order valence-corrected chi connectivity index (χ3v) is 6.31. The molecule has 0 amide bonds. The quantitative estimate of drug-likeness (QED) is 0.425. The van der Waals surface area contributed by atoms with Crippen LogP contribution in [0.3, 0.4) is 0 Å². The Morgan fingerprint density at radius 1 is 0.792 bits per heavy atom. The summed E-state index contributed by atoms with van der Waals surface area (Å²) in [5.74, 6) is 1.73. The lowest BCUT2D eigenvalue weighted by Crippen LogP contribution is -2.14. The first-order valence-corrected chi connectivity index (χ1v) is 10.7. The van der Waals surface area contributed by atoms with Crippen LogP contribution in [0.2, 0.25) is 0 Å². The summed E-state index contributed by atoms with van der Waals surface area (Å²) >= 11 is 2.38. The maximum absolute atomic E-state index is 2.39. The van der Waals surface area contributed by atoms with Crippen LogP contribution in [0.1, 0.15) is 68.1 Å². The smallest absolute Gasteiger partial charge is 0.0130 e.